The number of anilines is 1. The van der Waals surface area contributed by atoms with Crippen LogP contribution in [0.25, 0.3) is 0 Å². The fourth-order valence-electron chi connectivity index (χ4n) is 1.94. The summed E-state index contributed by atoms with van der Waals surface area (Å²) in [6, 6.07) is 5.96. The fraction of sp³-hybridized carbons (Fsp3) is 0.0667. The highest BCUT2D eigenvalue weighted by Gasteiger charge is 2.12. The largest absolute Gasteiger partial charge is 0.494 e. The van der Waals surface area contributed by atoms with Gasteiger partial charge in [-0.3, -0.25) is 15.2 Å². The highest BCUT2D eigenvalue weighted by atomic mass is 35.5. The van der Waals surface area contributed by atoms with Gasteiger partial charge in [0.1, 0.15) is 11.6 Å². The second kappa shape index (κ2) is 6.85. The van der Waals surface area contributed by atoms with Crippen LogP contribution in [0.5, 0.6) is 5.88 Å². The number of halogens is 1. The summed E-state index contributed by atoms with van der Waals surface area (Å²) in [6.45, 7) is 1.50. The van der Waals surface area contributed by atoms with Crippen molar-refractivity contribution in [2.24, 2.45) is 5.10 Å². The Morgan fingerprint density at radius 1 is 1.50 bits per heavy atom. The predicted octanol–water partition coefficient (Wildman–Crippen LogP) is 2.06. The summed E-state index contributed by atoms with van der Waals surface area (Å²) in [5.41, 5.74) is 2.45. The van der Waals surface area contributed by atoms with Crippen molar-refractivity contribution in [1.82, 2.24) is 4.98 Å². The first-order valence-electron chi connectivity index (χ1n) is 6.53. The Morgan fingerprint density at radius 2 is 2.21 bits per heavy atom. The molecule has 0 amide bonds. The van der Waals surface area contributed by atoms with Gasteiger partial charge in [-0.2, -0.15) is 10.4 Å². The molecule has 24 heavy (non-hydrogen) atoms. The normalized spacial score (nSPS) is 10.5. The number of pyridine rings is 1. The molecule has 0 fully saturated rings. The van der Waals surface area contributed by atoms with Crippen molar-refractivity contribution in [3.8, 4) is 11.9 Å². The van der Waals surface area contributed by atoms with E-state index in [-0.39, 0.29) is 27.3 Å². The van der Waals surface area contributed by atoms with Crippen LogP contribution in [0.1, 0.15) is 27.0 Å². The van der Waals surface area contributed by atoms with Crippen LogP contribution in [-0.2, 0) is 0 Å². The first-order valence-corrected chi connectivity index (χ1v) is 6.90. The number of carboxylic acids is 1. The predicted molar refractivity (Wildman–Crippen MR) is 87.8 cm³/mol. The highest BCUT2D eigenvalue weighted by molar-refractivity contribution is 6.33. The van der Waals surface area contributed by atoms with E-state index < -0.39 is 17.4 Å². The number of aromatic carboxylic acids is 1. The lowest BCUT2D eigenvalue weighted by molar-refractivity contribution is 0.0697. The maximum Gasteiger partial charge on any atom is 0.337 e. The zero-order valence-corrected chi connectivity index (χ0v) is 13.0. The smallest absolute Gasteiger partial charge is 0.337 e. The number of aromatic amines is 1. The molecule has 0 saturated heterocycles. The van der Waals surface area contributed by atoms with Gasteiger partial charge in [-0.25, -0.2) is 4.79 Å². The van der Waals surface area contributed by atoms with Gasteiger partial charge in [-0.1, -0.05) is 11.6 Å². The van der Waals surface area contributed by atoms with Crippen LogP contribution in [0, 0.1) is 18.3 Å². The Morgan fingerprint density at radius 3 is 2.83 bits per heavy atom. The molecule has 0 aliphatic heterocycles. The lowest BCUT2D eigenvalue weighted by Gasteiger charge is -2.06. The van der Waals surface area contributed by atoms with Crippen LogP contribution in [0.4, 0.5) is 5.69 Å². The van der Waals surface area contributed by atoms with E-state index in [4.69, 9.17) is 22.0 Å². The van der Waals surface area contributed by atoms with Crippen LogP contribution in [0.3, 0.4) is 0 Å². The maximum absolute atomic E-state index is 11.5. The Labute approximate surface area is 140 Å². The third-order valence-corrected chi connectivity index (χ3v) is 3.52. The minimum atomic E-state index is -1.18. The highest BCUT2D eigenvalue weighted by Crippen LogP contribution is 2.21. The quantitative estimate of drug-likeness (QED) is 0.493. The molecule has 4 N–H and O–H groups in total. The van der Waals surface area contributed by atoms with E-state index in [0.717, 1.165) is 0 Å². The molecule has 0 spiro atoms. The molecule has 0 atom stereocenters. The van der Waals surface area contributed by atoms with Crippen LogP contribution >= 0.6 is 11.6 Å². The van der Waals surface area contributed by atoms with Gasteiger partial charge in [0.15, 0.2) is 0 Å². The van der Waals surface area contributed by atoms with E-state index >= 15 is 0 Å². The van der Waals surface area contributed by atoms with Gasteiger partial charge in [-0.05, 0) is 30.7 Å². The number of nitriles is 1. The molecule has 0 aliphatic carbocycles. The lowest BCUT2D eigenvalue weighted by Crippen LogP contribution is -2.14. The summed E-state index contributed by atoms with van der Waals surface area (Å²) >= 11 is 5.77. The van der Waals surface area contributed by atoms with Crippen molar-refractivity contribution < 1.29 is 15.0 Å². The molecule has 2 aromatic rings. The van der Waals surface area contributed by atoms with Crippen molar-refractivity contribution >= 4 is 29.5 Å². The zero-order valence-electron chi connectivity index (χ0n) is 12.3. The molecule has 1 heterocycles. The minimum absolute atomic E-state index is 0.0878. The van der Waals surface area contributed by atoms with E-state index in [2.05, 4.69) is 15.5 Å². The topological polar surface area (TPSA) is 139 Å². The molecular formula is C15H11ClN4O4. The number of hydrogen-bond donors (Lipinski definition) is 4. The molecule has 0 saturated carbocycles. The van der Waals surface area contributed by atoms with Crippen LogP contribution in [-0.4, -0.2) is 27.4 Å². The monoisotopic (exact) mass is 346 g/mol. The average molecular weight is 347 g/mol. The summed E-state index contributed by atoms with van der Waals surface area (Å²) in [5.74, 6) is -1.61. The van der Waals surface area contributed by atoms with Crippen molar-refractivity contribution in [1.29, 1.82) is 5.26 Å². The molecule has 0 aliphatic rings. The molecule has 0 unspecified atom stereocenters. The number of H-pyrrole nitrogens is 1. The van der Waals surface area contributed by atoms with Crippen molar-refractivity contribution in [2.75, 3.05) is 5.43 Å². The molecule has 8 nitrogen and oxygen atoms in total. The number of benzene rings is 1. The number of nitrogens with zero attached hydrogens (tertiary/aromatic N) is 2. The van der Waals surface area contributed by atoms with Gasteiger partial charge in [0.05, 0.1) is 28.1 Å². The Bertz CT molecular complexity index is 944. The lowest BCUT2D eigenvalue weighted by atomic mass is 10.1. The molecule has 0 radical (unpaired) electrons. The summed E-state index contributed by atoms with van der Waals surface area (Å²) in [7, 11) is 0. The van der Waals surface area contributed by atoms with E-state index in [1.165, 1.54) is 31.3 Å². The van der Waals surface area contributed by atoms with Gasteiger partial charge >= 0.3 is 5.97 Å². The number of rotatable bonds is 4. The Balaban J connectivity index is 2.31. The van der Waals surface area contributed by atoms with Crippen LogP contribution in [0.15, 0.2) is 28.1 Å². The molecule has 0 bridgehead atoms. The maximum atomic E-state index is 11.5. The number of hydrogen-bond acceptors (Lipinski definition) is 6. The van der Waals surface area contributed by atoms with E-state index in [9.17, 15) is 14.7 Å². The van der Waals surface area contributed by atoms with Gasteiger partial charge in [-0.15, -0.1) is 0 Å². The summed E-state index contributed by atoms with van der Waals surface area (Å²) < 4.78 is 0. The first kappa shape index (κ1) is 17.1. The number of nitrogens with one attached hydrogen (secondary N) is 2. The molecule has 122 valence electrons. The molecular weight excluding hydrogens is 336 g/mol. The minimum Gasteiger partial charge on any atom is -0.494 e. The molecule has 9 heteroatoms. The van der Waals surface area contributed by atoms with Crippen molar-refractivity contribution in [2.45, 2.75) is 6.92 Å². The zero-order chi connectivity index (χ0) is 17.9. The van der Waals surface area contributed by atoms with Crippen molar-refractivity contribution in [3.63, 3.8) is 0 Å². The summed E-state index contributed by atoms with van der Waals surface area (Å²) in [4.78, 5) is 24.7. The fourth-order valence-corrected chi connectivity index (χ4v) is 2.14. The summed E-state index contributed by atoms with van der Waals surface area (Å²) in [5, 5.41) is 31.7. The summed E-state index contributed by atoms with van der Waals surface area (Å²) in [6.07, 6.45) is 1.20. The third-order valence-electron chi connectivity index (χ3n) is 3.19. The van der Waals surface area contributed by atoms with Crippen LogP contribution < -0.4 is 11.0 Å². The van der Waals surface area contributed by atoms with Crippen molar-refractivity contribution in [3.05, 3.63) is 55.8 Å². The van der Waals surface area contributed by atoms with E-state index in [0.29, 0.717) is 5.69 Å². The third kappa shape index (κ3) is 3.37. The second-order valence-electron chi connectivity index (χ2n) is 4.70. The number of aromatic hydroxyl groups is 1. The van der Waals surface area contributed by atoms with Gasteiger partial charge in [0, 0.05) is 0 Å². The standard InChI is InChI=1S/C15H11ClN4O4/c1-7-10(5-17)13(21)19-14(22)11(7)6-18-20-8-2-3-12(16)9(4-8)15(23)24/h2-4,6,20H,1H3,(H,23,24)(H2,19,21,22)/b18-6+. The number of carboxylic acid groups (broad SMARTS) is 1. The Hall–Kier alpha value is -3.31. The number of carbonyl (C=O) groups is 1. The van der Waals surface area contributed by atoms with Gasteiger partial charge in [0.25, 0.3) is 5.56 Å². The second-order valence-corrected chi connectivity index (χ2v) is 5.11. The molecule has 2 rings (SSSR count). The van der Waals surface area contributed by atoms with Crippen LogP contribution in [0.2, 0.25) is 5.02 Å². The first-order chi connectivity index (χ1) is 11.3. The molecule has 1 aromatic heterocycles. The number of hydrazone groups is 1. The SMILES string of the molecule is Cc1c(/C=N/Nc2ccc(Cl)c(C(=O)O)c2)c(O)[nH]c(=O)c1C#N. The Kier molecular flexibility index (Phi) is 4.87. The number of aromatic nitrogens is 1. The van der Waals surface area contributed by atoms with E-state index in [1.54, 1.807) is 6.07 Å². The average Bonchev–Trinajstić information content (AvgIpc) is 2.52. The van der Waals surface area contributed by atoms with E-state index in [1.807, 2.05) is 0 Å². The van der Waals surface area contributed by atoms with Gasteiger partial charge in [0.2, 0.25) is 5.88 Å². The van der Waals surface area contributed by atoms with Gasteiger partial charge < -0.3 is 10.2 Å². The molecule has 1 aromatic carbocycles.